The van der Waals surface area contributed by atoms with Gasteiger partial charge in [0.1, 0.15) is 5.78 Å². The summed E-state index contributed by atoms with van der Waals surface area (Å²) < 4.78 is 0. The molecule has 1 rings (SSSR count). The maximum atomic E-state index is 12.0. The van der Waals surface area contributed by atoms with Crippen LogP contribution in [0.25, 0.3) is 0 Å². The zero-order valence-corrected chi connectivity index (χ0v) is 13.4. The standard InChI is InChI=1S/C18H30O3/c1-3-5-7-9-14(19)11-12-16-15(10-8-6-4-2)17(20)13-18(16)21/h6,8,11-12,14-16,18-19,21H,3-5,7,9-10,13H2,1-2H3/b8-6-,12-11+/t14-,15+,16+,18+/m0/s1. The van der Waals surface area contributed by atoms with Crippen molar-refractivity contribution in [1.29, 1.82) is 0 Å². The van der Waals surface area contributed by atoms with Gasteiger partial charge in [0.25, 0.3) is 0 Å². The highest BCUT2D eigenvalue weighted by molar-refractivity contribution is 5.84. The quantitative estimate of drug-likeness (QED) is 0.506. The second kappa shape index (κ2) is 9.91. The van der Waals surface area contributed by atoms with E-state index in [9.17, 15) is 15.0 Å². The van der Waals surface area contributed by atoms with Crippen molar-refractivity contribution in [3.8, 4) is 0 Å². The van der Waals surface area contributed by atoms with Crippen LogP contribution in [0.1, 0.15) is 58.8 Å². The lowest BCUT2D eigenvalue weighted by atomic mass is 9.90. The molecule has 1 aliphatic rings. The van der Waals surface area contributed by atoms with Gasteiger partial charge in [0.05, 0.1) is 12.2 Å². The molecule has 1 fully saturated rings. The van der Waals surface area contributed by atoms with E-state index in [4.69, 9.17) is 0 Å². The Labute approximate surface area is 128 Å². The molecule has 0 aromatic carbocycles. The zero-order valence-electron chi connectivity index (χ0n) is 13.4. The molecule has 3 heteroatoms. The number of allylic oxidation sites excluding steroid dienone is 2. The molecular weight excluding hydrogens is 264 g/mol. The van der Waals surface area contributed by atoms with Gasteiger partial charge in [0.2, 0.25) is 0 Å². The van der Waals surface area contributed by atoms with Crippen molar-refractivity contribution in [3.63, 3.8) is 0 Å². The molecule has 0 aromatic heterocycles. The number of hydrogen-bond acceptors (Lipinski definition) is 3. The maximum absolute atomic E-state index is 12.0. The number of hydrogen-bond donors (Lipinski definition) is 2. The lowest BCUT2D eigenvalue weighted by molar-refractivity contribution is -0.121. The first-order valence-electron chi connectivity index (χ1n) is 8.32. The third kappa shape index (κ3) is 6.15. The van der Waals surface area contributed by atoms with Crippen LogP contribution in [-0.4, -0.2) is 28.2 Å². The van der Waals surface area contributed by atoms with E-state index in [-0.39, 0.29) is 24.0 Å². The predicted octanol–water partition coefficient (Wildman–Crippen LogP) is 3.41. The molecule has 0 radical (unpaired) electrons. The van der Waals surface area contributed by atoms with E-state index in [2.05, 4.69) is 19.9 Å². The van der Waals surface area contributed by atoms with Crippen molar-refractivity contribution in [3.05, 3.63) is 24.3 Å². The van der Waals surface area contributed by atoms with Gasteiger partial charge in [-0.3, -0.25) is 4.79 Å². The minimum Gasteiger partial charge on any atom is -0.392 e. The molecule has 3 nitrogen and oxygen atoms in total. The summed E-state index contributed by atoms with van der Waals surface area (Å²) in [6.07, 6.45) is 12.5. The number of rotatable bonds is 9. The summed E-state index contributed by atoms with van der Waals surface area (Å²) >= 11 is 0. The summed E-state index contributed by atoms with van der Waals surface area (Å²) in [5.41, 5.74) is 0. The Hall–Kier alpha value is -0.930. The smallest absolute Gasteiger partial charge is 0.139 e. The topological polar surface area (TPSA) is 57.5 Å². The van der Waals surface area contributed by atoms with Crippen LogP contribution in [-0.2, 0) is 4.79 Å². The molecule has 120 valence electrons. The number of aliphatic hydroxyl groups is 2. The van der Waals surface area contributed by atoms with Gasteiger partial charge in [-0.15, -0.1) is 0 Å². The number of carbonyl (C=O) groups is 1. The number of aliphatic hydroxyl groups excluding tert-OH is 2. The molecular formula is C18H30O3. The van der Waals surface area contributed by atoms with E-state index >= 15 is 0 Å². The van der Waals surface area contributed by atoms with Crippen molar-refractivity contribution < 1.29 is 15.0 Å². The fraction of sp³-hybridized carbons (Fsp3) is 0.722. The summed E-state index contributed by atoms with van der Waals surface area (Å²) in [5.74, 6) is -0.153. The molecule has 1 aliphatic carbocycles. The predicted molar refractivity (Wildman–Crippen MR) is 85.9 cm³/mol. The van der Waals surface area contributed by atoms with Crippen LogP contribution < -0.4 is 0 Å². The van der Waals surface area contributed by atoms with Crippen LogP contribution >= 0.6 is 0 Å². The first-order chi connectivity index (χ1) is 10.1. The molecule has 0 aromatic rings. The Morgan fingerprint density at radius 3 is 2.71 bits per heavy atom. The summed E-state index contributed by atoms with van der Waals surface area (Å²) in [7, 11) is 0. The number of unbranched alkanes of at least 4 members (excludes halogenated alkanes) is 2. The number of Topliss-reactive ketones (excluding diaryl/α,β-unsaturated/α-hetero) is 1. The van der Waals surface area contributed by atoms with E-state index in [0.717, 1.165) is 32.1 Å². The van der Waals surface area contributed by atoms with Gasteiger partial charge >= 0.3 is 0 Å². The first-order valence-corrected chi connectivity index (χ1v) is 8.32. The fourth-order valence-corrected chi connectivity index (χ4v) is 2.89. The van der Waals surface area contributed by atoms with Gasteiger partial charge in [-0.25, -0.2) is 0 Å². The van der Waals surface area contributed by atoms with E-state index in [1.165, 1.54) is 0 Å². The van der Waals surface area contributed by atoms with Crippen molar-refractivity contribution in [2.45, 2.75) is 71.0 Å². The monoisotopic (exact) mass is 294 g/mol. The van der Waals surface area contributed by atoms with E-state index < -0.39 is 12.2 Å². The third-order valence-corrected chi connectivity index (χ3v) is 4.18. The van der Waals surface area contributed by atoms with Gasteiger partial charge in [-0.05, 0) is 19.3 Å². The molecule has 2 N–H and O–H groups in total. The molecule has 0 saturated heterocycles. The summed E-state index contributed by atoms with van der Waals surface area (Å²) in [6.45, 7) is 4.20. The van der Waals surface area contributed by atoms with Crippen molar-refractivity contribution in [2.24, 2.45) is 11.8 Å². The maximum Gasteiger partial charge on any atom is 0.139 e. The van der Waals surface area contributed by atoms with E-state index in [1.54, 1.807) is 6.08 Å². The van der Waals surface area contributed by atoms with Gasteiger partial charge in [-0.1, -0.05) is 57.4 Å². The van der Waals surface area contributed by atoms with E-state index in [0.29, 0.717) is 6.42 Å². The first kappa shape index (κ1) is 18.1. The minimum atomic E-state index is -0.600. The van der Waals surface area contributed by atoms with Crippen LogP contribution in [0.15, 0.2) is 24.3 Å². The minimum absolute atomic E-state index is 0.137. The molecule has 0 heterocycles. The van der Waals surface area contributed by atoms with Crippen LogP contribution in [0.5, 0.6) is 0 Å². The third-order valence-electron chi connectivity index (χ3n) is 4.18. The number of carbonyl (C=O) groups excluding carboxylic acids is 1. The SMILES string of the molecule is CC/C=C\C[C@H]1C(=O)C[C@@H](O)[C@@H]1/C=C/[C@@H](O)CCCCC. The Bertz CT molecular complexity index is 359. The highest BCUT2D eigenvalue weighted by Crippen LogP contribution is 2.33. The normalized spacial score (nSPS) is 28.0. The van der Waals surface area contributed by atoms with Crippen molar-refractivity contribution >= 4 is 5.78 Å². The molecule has 21 heavy (non-hydrogen) atoms. The molecule has 0 unspecified atom stereocenters. The van der Waals surface area contributed by atoms with Crippen LogP contribution in [0.3, 0.4) is 0 Å². The van der Waals surface area contributed by atoms with Gasteiger partial charge in [-0.2, -0.15) is 0 Å². The molecule has 0 bridgehead atoms. The number of ketones is 1. The Balaban J connectivity index is 2.55. The Kier molecular flexibility index (Phi) is 8.55. The van der Waals surface area contributed by atoms with Crippen LogP contribution in [0, 0.1) is 11.8 Å². The average Bonchev–Trinajstić information content (AvgIpc) is 2.71. The van der Waals surface area contributed by atoms with Crippen LogP contribution in [0.4, 0.5) is 0 Å². The second-order valence-corrected chi connectivity index (χ2v) is 5.99. The molecule has 1 saturated carbocycles. The highest BCUT2D eigenvalue weighted by atomic mass is 16.3. The molecule has 0 spiro atoms. The van der Waals surface area contributed by atoms with Crippen molar-refractivity contribution in [2.75, 3.05) is 0 Å². The van der Waals surface area contributed by atoms with Gasteiger partial charge in [0.15, 0.2) is 0 Å². The van der Waals surface area contributed by atoms with Gasteiger partial charge in [0, 0.05) is 18.3 Å². The fourth-order valence-electron chi connectivity index (χ4n) is 2.89. The Morgan fingerprint density at radius 2 is 2.05 bits per heavy atom. The molecule has 0 aliphatic heterocycles. The largest absolute Gasteiger partial charge is 0.392 e. The molecule has 0 amide bonds. The van der Waals surface area contributed by atoms with Gasteiger partial charge < -0.3 is 10.2 Å². The van der Waals surface area contributed by atoms with Crippen LogP contribution in [0.2, 0.25) is 0 Å². The average molecular weight is 294 g/mol. The summed E-state index contributed by atoms with van der Waals surface area (Å²) in [4.78, 5) is 12.0. The Morgan fingerprint density at radius 1 is 1.29 bits per heavy atom. The van der Waals surface area contributed by atoms with Crippen molar-refractivity contribution in [1.82, 2.24) is 0 Å². The lowest BCUT2D eigenvalue weighted by Crippen LogP contribution is -2.18. The summed E-state index contributed by atoms with van der Waals surface area (Å²) in [6, 6.07) is 0. The summed E-state index contributed by atoms with van der Waals surface area (Å²) in [5, 5.41) is 20.0. The lowest BCUT2D eigenvalue weighted by Gasteiger charge is -2.16. The highest BCUT2D eigenvalue weighted by Gasteiger charge is 2.39. The van der Waals surface area contributed by atoms with E-state index in [1.807, 2.05) is 12.2 Å². The molecule has 4 atom stereocenters. The second-order valence-electron chi connectivity index (χ2n) is 5.99. The zero-order chi connectivity index (χ0) is 15.7.